The van der Waals surface area contributed by atoms with Gasteiger partial charge in [0.05, 0.1) is 12.2 Å². The standard InChI is InChI=1S/C16H26N4O2/c1-16(2,3)22-15(21)20-10-6-5-7-13(20)12-19(4)14-11-17-8-9-18-14/h8-9,11,13H,5-7,10,12H2,1-4H3/t13-/m1/s1. The number of rotatable bonds is 3. The Morgan fingerprint density at radius 3 is 2.82 bits per heavy atom. The number of likely N-dealkylation sites (N-methyl/N-ethyl adjacent to an activating group) is 1. The van der Waals surface area contributed by atoms with Crippen molar-refractivity contribution >= 4 is 11.9 Å². The number of nitrogens with zero attached hydrogens (tertiary/aromatic N) is 4. The van der Waals surface area contributed by atoms with Crippen LogP contribution in [0.5, 0.6) is 0 Å². The molecule has 0 unspecified atom stereocenters. The topological polar surface area (TPSA) is 58.6 Å². The molecular weight excluding hydrogens is 280 g/mol. The highest BCUT2D eigenvalue weighted by Gasteiger charge is 2.31. The van der Waals surface area contributed by atoms with Crippen molar-refractivity contribution in [1.82, 2.24) is 14.9 Å². The van der Waals surface area contributed by atoms with Gasteiger partial charge in [0.15, 0.2) is 0 Å². The fourth-order valence-electron chi connectivity index (χ4n) is 2.65. The molecule has 0 aliphatic carbocycles. The lowest BCUT2D eigenvalue weighted by atomic mass is 10.0. The Labute approximate surface area is 132 Å². The molecule has 2 rings (SSSR count). The zero-order valence-corrected chi connectivity index (χ0v) is 14.0. The number of amides is 1. The predicted octanol–water partition coefficient (Wildman–Crippen LogP) is 2.70. The molecule has 1 aliphatic heterocycles. The minimum absolute atomic E-state index is 0.149. The number of carbonyl (C=O) groups is 1. The van der Waals surface area contributed by atoms with E-state index in [4.69, 9.17) is 4.74 Å². The van der Waals surface area contributed by atoms with Gasteiger partial charge in [-0.3, -0.25) is 4.98 Å². The molecule has 0 radical (unpaired) electrons. The first-order valence-electron chi connectivity index (χ1n) is 7.83. The van der Waals surface area contributed by atoms with E-state index in [1.807, 2.05) is 37.6 Å². The molecule has 0 bridgehead atoms. The smallest absolute Gasteiger partial charge is 0.410 e. The molecule has 0 aromatic carbocycles. The lowest BCUT2D eigenvalue weighted by molar-refractivity contribution is 0.0108. The largest absolute Gasteiger partial charge is 0.444 e. The van der Waals surface area contributed by atoms with Gasteiger partial charge in [0.25, 0.3) is 0 Å². The highest BCUT2D eigenvalue weighted by Crippen LogP contribution is 2.22. The van der Waals surface area contributed by atoms with E-state index in [0.29, 0.717) is 0 Å². The van der Waals surface area contributed by atoms with Gasteiger partial charge in [-0.25, -0.2) is 9.78 Å². The van der Waals surface area contributed by atoms with Gasteiger partial charge in [0.2, 0.25) is 0 Å². The number of ether oxygens (including phenoxy) is 1. The van der Waals surface area contributed by atoms with E-state index in [1.54, 1.807) is 18.6 Å². The Hall–Kier alpha value is -1.85. The zero-order valence-electron chi connectivity index (χ0n) is 14.0. The second-order valence-corrected chi connectivity index (χ2v) is 6.77. The number of hydrogen-bond acceptors (Lipinski definition) is 5. The van der Waals surface area contributed by atoms with Crippen molar-refractivity contribution in [2.45, 2.75) is 51.7 Å². The molecule has 1 aliphatic rings. The average molecular weight is 306 g/mol. The summed E-state index contributed by atoms with van der Waals surface area (Å²) in [5.41, 5.74) is -0.462. The van der Waals surface area contributed by atoms with Crippen molar-refractivity contribution in [3.63, 3.8) is 0 Å². The Morgan fingerprint density at radius 2 is 2.18 bits per heavy atom. The summed E-state index contributed by atoms with van der Waals surface area (Å²) < 4.78 is 5.54. The lowest BCUT2D eigenvalue weighted by Crippen LogP contribution is -2.50. The molecule has 1 aromatic heterocycles. The number of anilines is 1. The maximum absolute atomic E-state index is 12.4. The molecule has 0 spiro atoms. The van der Waals surface area contributed by atoms with Crippen LogP contribution in [0.1, 0.15) is 40.0 Å². The van der Waals surface area contributed by atoms with Crippen molar-refractivity contribution < 1.29 is 9.53 Å². The van der Waals surface area contributed by atoms with Crippen LogP contribution in [0.15, 0.2) is 18.6 Å². The van der Waals surface area contributed by atoms with E-state index in [-0.39, 0.29) is 12.1 Å². The number of hydrogen-bond donors (Lipinski definition) is 0. The minimum atomic E-state index is -0.462. The molecular formula is C16H26N4O2. The summed E-state index contributed by atoms with van der Waals surface area (Å²) in [5, 5.41) is 0. The number of carbonyl (C=O) groups excluding carboxylic acids is 1. The van der Waals surface area contributed by atoms with Gasteiger partial charge in [-0.05, 0) is 40.0 Å². The van der Waals surface area contributed by atoms with E-state index < -0.39 is 5.60 Å². The second kappa shape index (κ2) is 6.94. The Balaban J connectivity index is 2.02. The summed E-state index contributed by atoms with van der Waals surface area (Å²) in [4.78, 5) is 24.7. The molecule has 1 aromatic rings. The van der Waals surface area contributed by atoms with E-state index in [2.05, 4.69) is 9.97 Å². The van der Waals surface area contributed by atoms with Gasteiger partial charge in [-0.15, -0.1) is 0 Å². The Kier molecular flexibility index (Phi) is 5.21. The third-order valence-electron chi connectivity index (χ3n) is 3.68. The fraction of sp³-hybridized carbons (Fsp3) is 0.688. The maximum atomic E-state index is 12.4. The summed E-state index contributed by atoms with van der Waals surface area (Å²) in [6.07, 6.45) is 8.01. The molecule has 2 heterocycles. The van der Waals surface area contributed by atoms with Crippen LogP contribution in [0, 0.1) is 0 Å². The van der Waals surface area contributed by atoms with Crippen LogP contribution in [-0.4, -0.2) is 52.7 Å². The van der Waals surface area contributed by atoms with Crippen LogP contribution in [0.4, 0.5) is 10.6 Å². The zero-order chi connectivity index (χ0) is 16.2. The molecule has 1 fully saturated rings. The third-order valence-corrected chi connectivity index (χ3v) is 3.68. The normalized spacial score (nSPS) is 18.9. The summed E-state index contributed by atoms with van der Waals surface area (Å²) in [7, 11) is 1.98. The van der Waals surface area contributed by atoms with Crippen molar-refractivity contribution in [3.8, 4) is 0 Å². The van der Waals surface area contributed by atoms with Crippen LogP contribution < -0.4 is 4.90 Å². The first-order chi connectivity index (χ1) is 10.4. The maximum Gasteiger partial charge on any atom is 0.410 e. The molecule has 1 saturated heterocycles. The molecule has 1 amide bonds. The Bertz CT molecular complexity index is 487. The highest BCUT2D eigenvalue weighted by molar-refractivity contribution is 5.68. The average Bonchev–Trinajstić information content (AvgIpc) is 2.47. The van der Waals surface area contributed by atoms with Crippen molar-refractivity contribution in [2.24, 2.45) is 0 Å². The van der Waals surface area contributed by atoms with Gasteiger partial charge in [0, 0.05) is 32.5 Å². The van der Waals surface area contributed by atoms with Crippen molar-refractivity contribution in [2.75, 3.05) is 25.0 Å². The van der Waals surface area contributed by atoms with Gasteiger partial charge in [-0.1, -0.05) is 0 Å². The number of aromatic nitrogens is 2. The van der Waals surface area contributed by atoms with Crippen LogP contribution in [0.3, 0.4) is 0 Å². The fourth-order valence-corrected chi connectivity index (χ4v) is 2.65. The van der Waals surface area contributed by atoms with Gasteiger partial charge >= 0.3 is 6.09 Å². The molecule has 1 atom stereocenters. The molecule has 0 N–H and O–H groups in total. The van der Waals surface area contributed by atoms with Crippen molar-refractivity contribution in [3.05, 3.63) is 18.6 Å². The quantitative estimate of drug-likeness (QED) is 0.859. The minimum Gasteiger partial charge on any atom is -0.444 e. The van der Waals surface area contributed by atoms with Crippen LogP contribution in [0.2, 0.25) is 0 Å². The molecule has 122 valence electrons. The third kappa shape index (κ3) is 4.58. The summed E-state index contributed by atoms with van der Waals surface area (Å²) in [5.74, 6) is 0.817. The van der Waals surface area contributed by atoms with E-state index >= 15 is 0 Å². The predicted molar refractivity (Wildman–Crippen MR) is 85.9 cm³/mol. The summed E-state index contributed by atoms with van der Waals surface area (Å²) in [6, 6.07) is 0.149. The van der Waals surface area contributed by atoms with Crippen LogP contribution >= 0.6 is 0 Å². The van der Waals surface area contributed by atoms with Crippen molar-refractivity contribution in [1.29, 1.82) is 0 Å². The van der Waals surface area contributed by atoms with Gasteiger partial charge in [-0.2, -0.15) is 0 Å². The number of likely N-dealkylation sites (tertiary alicyclic amines) is 1. The molecule has 22 heavy (non-hydrogen) atoms. The number of piperidine rings is 1. The highest BCUT2D eigenvalue weighted by atomic mass is 16.6. The van der Waals surface area contributed by atoms with E-state index in [1.165, 1.54) is 0 Å². The first kappa shape index (κ1) is 16.5. The molecule has 6 nitrogen and oxygen atoms in total. The van der Waals surface area contributed by atoms with Crippen LogP contribution in [-0.2, 0) is 4.74 Å². The van der Waals surface area contributed by atoms with Gasteiger partial charge in [0.1, 0.15) is 11.4 Å². The lowest BCUT2D eigenvalue weighted by Gasteiger charge is -2.38. The van der Waals surface area contributed by atoms with Gasteiger partial charge < -0.3 is 14.5 Å². The summed E-state index contributed by atoms with van der Waals surface area (Å²) >= 11 is 0. The summed E-state index contributed by atoms with van der Waals surface area (Å²) in [6.45, 7) is 7.19. The molecule has 0 saturated carbocycles. The Morgan fingerprint density at radius 1 is 1.41 bits per heavy atom. The second-order valence-electron chi connectivity index (χ2n) is 6.77. The van der Waals surface area contributed by atoms with E-state index in [9.17, 15) is 4.79 Å². The van der Waals surface area contributed by atoms with E-state index in [0.717, 1.165) is 38.2 Å². The SMILES string of the molecule is CN(C[C@H]1CCCCN1C(=O)OC(C)(C)C)c1cnccn1. The van der Waals surface area contributed by atoms with Crippen LogP contribution in [0.25, 0.3) is 0 Å². The first-order valence-corrected chi connectivity index (χ1v) is 7.83. The monoisotopic (exact) mass is 306 g/mol. The molecule has 6 heteroatoms.